The van der Waals surface area contributed by atoms with Gasteiger partial charge in [0.2, 0.25) is 0 Å². The molecule has 0 fully saturated rings. The van der Waals surface area contributed by atoms with Crippen molar-refractivity contribution in [3.63, 3.8) is 0 Å². The maximum absolute atomic E-state index is 12.1. The fraction of sp³-hybridized carbons (Fsp3) is 0.176. The smallest absolute Gasteiger partial charge is 0.316 e. The molecule has 0 spiro atoms. The quantitative estimate of drug-likeness (QED) is 0.854. The second kappa shape index (κ2) is 6.76. The number of benzene rings is 2. The summed E-state index contributed by atoms with van der Waals surface area (Å²) in [6, 6.07) is 15.2. The third-order valence-corrected chi connectivity index (χ3v) is 3.38. The van der Waals surface area contributed by atoms with Gasteiger partial charge in [0, 0.05) is 12.7 Å². The number of aromatic hydroxyl groups is 1. The Bertz CT molecular complexity index is 653. The van der Waals surface area contributed by atoms with Gasteiger partial charge >= 0.3 is 11.8 Å². The average molecular weight is 298 g/mol. The lowest BCUT2D eigenvalue weighted by Gasteiger charge is -2.19. The number of anilines is 1. The van der Waals surface area contributed by atoms with Crippen LogP contribution in [0.4, 0.5) is 5.69 Å². The molecule has 5 heteroatoms. The molecular formula is C17H18N2O3. The van der Waals surface area contributed by atoms with Gasteiger partial charge in [0.25, 0.3) is 0 Å². The standard InChI is InChI=1S/C17H18N2O3/c1-12(13-6-4-3-5-7-13)18-16(21)17(22)19(2)14-8-10-15(20)11-9-14/h3-12,20H,1-2H3,(H,18,21). The van der Waals surface area contributed by atoms with E-state index in [1.807, 2.05) is 37.3 Å². The number of hydrogen-bond acceptors (Lipinski definition) is 3. The Morgan fingerprint density at radius 2 is 1.64 bits per heavy atom. The SMILES string of the molecule is CC(NC(=O)C(=O)N(C)c1ccc(O)cc1)c1ccccc1. The molecule has 22 heavy (non-hydrogen) atoms. The minimum absolute atomic E-state index is 0.103. The summed E-state index contributed by atoms with van der Waals surface area (Å²) in [7, 11) is 1.52. The van der Waals surface area contributed by atoms with Crippen molar-refractivity contribution in [2.45, 2.75) is 13.0 Å². The highest BCUT2D eigenvalue weighted by Crippen LogP contribution is 2.17. The second-order valence-corrected chi connectivity index (χ2v) is 4.99. The van der Waals surface area contributed by atoms with Crippen LogP contribution in [0.15, 0.2) is 54.6 Å². The van der Waals surface area contributed by atoms with E-state index < -0.39 is 11.8 Å². The van der Waals surface area contributed by atoms with Crippen molar-refractivity contribution in [1.29, 1.82) is 0 Å². The van der Waals surface area contributed by atoms with Gasteiger partial charge in [0.1, 0.15) is 5.75 Å². The van der Waals surface area contributed by atoms with Gasteiger partial charge in [0.15, 0.2) is 0 Å². The van der Waals surface area contributed by atoms with Crippen LogP contribution in [0.25, 0.3) is 0 Å². The van der Waals surface area contributed by atoms with E-state index in [0.717, 1.165) is 5.56 Å². The van der Waals surface area contributed by atoms with Crippen molar-refractivity contribution >= 4 is 17.5 Å². The van der Waals surface area contributed by atoms with Gasteiger partial charge < -0.3 is 15.3 Å². The van der Waals surface area contributed by atoms with Crippen molar-refractivity contribution in [1.82, 2.24) is 5.32 Å². The summed E-state index contributed by atoms with van der Waals surface area (Å²) in [4.78, 5) is 25.4. The van der Waals surface area contributed by atoms with Gasteiger partial charge in [-0.15, -0.1) is 0 Å². The van der Waals surface area contributed by atoms with Crippen LogP contribution in [0.3, 0.4) is 0 Å². The number of carbonyl (C=O) groups excluding carboxylic acids is 2. The number of phenols is 1. The first-order valence-electron chi connectivity index (χ1n) is 6.91. The molecule has 2 N–H and O–H groups in total. The van der Waals surface area contributed by atoms with Crippen LogP contribution < -0.4 is 10.2 Å². The van der Waals surface area contributed by atoms with E-state index in [1.54, 1.807) is 12.1 Å². The molecule has 0 radical (unpaired) electrons. The number of phenolic OH excluding ortho intramolecular Hbond substituents is 1. The molecule has 0 saturated carbocycles. The van der Waals surface area contributed by atoms with E-state index in [1.165, 1.54) is 24.1 Å². The zero-order chi connectivity index (χ0) is 16.1. The Kier molecular flexibility index (Phi) is 4.78. The fourth-order valence-corrected chi connectivity index (χ4v) is 2.03. The molecule has 2 aromatic rings. The van der Waals surface area contributed by atoms with E-state index in [-0.39, 0.29) is 11.8 Å². The monoisotopic (exact) mass is 298 g/mol. The topological polar surface area (TPSA) is 69.6 Å². The Balaban J connectivity index is 2.02. The highest BCUT2D eigenvalue weighted by Gasteiger charge is 2.21. The zero-order valence-corrected chi connectivity index (χ0v) is 12.5. The molecule has 0 aromatic heterocycles. The first-order valence-corrected chi connectivity index (χ1v) is 6.91. The van der Waals surface area contributed by atoms with Crippen LogP contribution in [0.1, 0.15) is 18.5 Å². The average Bonchev–Trinajstić information content (AvgIpc) is 2.55. The van der Waals surface area contributed by atoms with E-state index in [0.29, 0.717) is 5.69 Å². The van der Waals surface area contributed by atoms with Crippen LogP contribution in [0.2, 0.25) is 0 Å². The van der Waals surface area contributed by atoms with Gasteiger partial charge in [-0.1, -0.05) is 30.3 Å². The predicted octanol–water partition coefficient (Wildman–Crippen LogP) is 2.23. The first-order chi connectivity index (χ1) is 10.5. The van der Waals surface area contributed by atoms with Gasteiger partial charge in [-0.3, -0.25) is 9.59 Å². The van der Waals surface area contributed by atoms with E-state index in [4.69, 9.17) is 0 Å². The summed E-state index contributed by atoms with van der Waals surface area (Å²) in [6.07, 6.45) is 0. The molecule has 0 aliphatic heterocycles. The lowest BCUT2D eigenvalue weighted by molar-refractivity contribution is -0.137. The Morgan fingerprint density at radius 3 is 2.23 bits per heavy atom. The summed E-state index contributed by atoms with van der Waals surface area (Å²) in [6.45, 7) is 1.82. The summed E-state index contributed by atoms with van der Waals surface area (Å²) < 4.78 is 0. The molecule has 1 unspecified atom stereocenters. The molecule has 0 heterocycles. The zero-order valence-electron chi connectivity index (χ0n) is 12.5. The summed E-state index contributed by atoms with van der Waals surface area (Å²) in [5.74, 6) is -1.23. The van der Waals surface area contributed by atoms with Crippen molar-refractivity contribution in [3.05, 3.63) is 60.2 Å². The molecule has 114 valence electrons. The van der Waals surface area contributed by atoms with E-state index in [9.17, 15) is 14.7 Å². The number of nitrogens with one attached hydrogen (secondary N) is 1. The Morgan fingerprint density at radius 1 is 1.05 bits per heavy atom. The second-order valence-electron chi connectivity index (χ2n) is 4.99. The molecule has 1 atom stereocenters. The van der Waals surface area contributed by atoms with Crippen LogP contribution in [0, 0.1) is 0 Å². The third kappa shape index (κ3) is 3.63. The summed E-state index contributed by atoms with van der Waals surface area (Å²) in [5, 5.41) is 11.9. The number of carbonyl (C=O) groups is 2. The first kappa shape index (κ1) is 15.6. The highest BCUT2D eigenvalue weighted by molar-refractivity contribution is 6.40. The van der Waals surface area contributed by atoms with Crippen LogP contribution >= 0.6 is 0 Å². The highest BCUT2D eigenvalue weighted by atomic mass is 16.3. The molecule has 2 aromatic carbocycles. The molecule has 2 amide bonds. The van der Waals surface area contributed by atoms with Crippen molar-refractivity contribution in [2.24, 2.45) is 0 Å². The lowest BCUT2D eigenvalue weighted by atomic mass is 10.1. The number of nitrogens with zero attached hydrogens (tertiary/aromatic N) is 1. The largest absolute Gasteiger partial charge is 0.508 e. The molecule has 0 aliphatic carbocycles. The molecule has 0 bridgehead atoms. The molecule has 0 saturated heterocycles. The molecule has 0 aliphatic rings. The third-order valence-electron chi connectivity index (χ3n) is 3.38. The molecule has 5 nitrogen and oxygen atoms in total. The Labute approximate surface area is 129 Å². The van der Waals surface area contributed by atoms with Crippen LogP contribution in [-0.2, 0) is 9.59 Å². The maximum atomic E-state index is 12.1. The normalized spacial score (nSPS) is 11.5. The Hall–Kier alpha value is -2.82. The minimum Gasteiger partial charge on any atom is -0.508 e. The number of amides is 2. The predicted molar refractivity (Wildman–Crippen MR) is 84.5 cm³/mol. The number of likely N-dealkylation sites (N-methyl/N-ethyl adjacent to an activating group) is 1. The van der Waals surface area contributed by atoms with Gasteiger partial charge in [-0.25, -0.2) is 0 Å². The number of rotatable bonds is 3. The maximum Gasteiger partial charge on any atom is 0.316 e. The van der Waals surface area contributed by atoms with Gasteiger partial charge in [-0.2, -0.15) is 0 Å². The van der Waals surface area contributed by atoms with Crippen molar-refractivity contribution < 1.29 is 14.7 Å². The fourth-order valence-electron chi connectivity index (χ4n) is 2.03. The van der Waals surface area contributed by atoms with Crippen LogP contribution in [-0.4, -0.2) is 24.0 Å². The van der Waals surface area contributed by atoms with Gasteiger partial charge in [0.05, 0.1) is 6.04 Å². The molecule has 2 rings (SSSR count). The van der Waals surface area contributed by atoms with E-state index in [2.05, 4.69) is 5.32 Å². The number of hydrogen-bond donors (Lipinski definition) is 2. The lowest BCUT2D eigenvalue weighted by Crippen LogP contribution is -2.42. The minimum atomic E-state index is -0.674. The van der Waals surface area contributed by atoms with Crippen molar-refractivity contribution in [2.75, 3.05) is 11.9 Å². The van der Waals surface area contributed by atoms with E-state index >= 15 is 0 Å². The van der Waals surface area contributed by atoms with Gasteiger partial charge in [-0.05, 0) is 36.8 Å². The van der Waals surface area contributed by atoms with Crippen LogP contribution in [0.5, 0.6) is 5.75 Å². The molecular weight excluding hydrogens is 280 g/mol. The summed E-state index contributed by atoms with van der Waals surface area (Å²) >= 11 is 0. The summed E-state index contributed by atoms with van der Waals surface area (Å²) in [5.41, 5.74) is 1.46. The van der Waals surface area contributed by atoms with Crippen molar-refractivity contribution in [3.8, 4) is 5.75 Å².